The van der Waals surface area contributed by atoms with Gasteiger partial charge in [-0.15, -0.1) is 0 Å². The van der Waals surface area contributed by atoms with Crippen molar-refractivity contribution in [2.24, 2.45) is 0 Å². The van der Waals surface area contributed by atoms with E-state index in [4.69, 9.17) is 16.3 Å². The fraction of sp³-hybridized carbons (Fsp3) is 0.235. The molecule has 0 aliphatic carbocycles. The van der Waals surface area contributed by atoms with Gasteiger partial charge >= 0.3 is 0 Å². The van der Waals surface area contributed by atoms with Crippen LogP contribution >= 0.6 is 11.6 Å². The van der Waals surface area contributed by atoms with Gasteiger partial charge in [-0.3, -0.25) is 14.9 Å². The number of hydrogen-bond acceptors (Lipinski definition) is 6. The summed E-state index contributed by atoms with van der Waals surface area (Å²) in [5.41, 5.74) is -0.272. The summed E-state index contributed by atoms with van der Waals surface area (Å²) in [4.78, 5) is 22.9. The minimum Gasteiger partial charge on any atom is -0.379 e. The van der Waals surface area contributed by atoms with Gasteiger partial charge in [-0.2, -0.15) is 4.31 Å². The van der Waals surface area contributed by atoms with Crippen molar-refractivity contribution in [3.05, 3.63) is 63.2 Å². The molecule has 3 rings (SSSR count). The first-order chi connectivity index (χ1) is 13.3. The van der Waals surface area contributed by atoms with Crippen LogP contribution in [-0.2, 0) is 14.8 Å². The molecule has 0 bridgehead atoms. The molecule has 148 valence electrons. The molecule has 11 heteroatoms. The van der Waals surface area contributed by atoms with Crippen molar-refractivity contribution in [3.8, 4) is 0 Å². The van der Waals surface area contributed by atoms with Crippen LogP contribution in [0.3, 0.4) is 0 Å². The molecular formula is C17H16ClN3O6S. The smallest absolute Gasteiger partial charge is 0.283 e. The Morgan fingerprint density at radius 3 is 2.39 bits per heavy atom. The standard InChI is InChI=1S/C17H16ClN3O6S/c18-12-1-6-15(16(11-12)21(23)24)17(22)19-13-2-4-14(5-3-13)28(25,26)20-7-9-27-10-8-20/h1-6,11H,7-10H2,(H,19,22). The summed E-state index contributed by atoms with van der Waals surface area (Å²) < 4.78 is 31.7. The predicted octanol–water partition coefficient (Wildman–Crippen LogP) is 2.52. The maximum absolute atomic E-state index is 12.6. The predicted molar refractivity (Wildman–Crippen MR) is 102 cm³/mol. The molecule has 0 unspecified atom stereocenters. The second-order valence-corrected chi connectivity index (χ2v) is 8.29. The van der Waals surface area contributed by atoms with E-state index in [1.54, 1.807) is 0 Å². The van der Waals surface area contributed by atoms with Crippen molar-refractivity contribution in [1.82, 2.24) is 4.31 Å². The number of halogens is 1. The van der Waals surface area contributed by atoms with Crippen LogP contribution in [0, 0.1) is 10.1 Å². The van der Waals surface area contributed by atoms with Crippen LogP contribution in [0.25, 0.3) is 0 Å². The SMILES string of the molecule is O=C(Nc1ccc(S(=O)(=O)N2CCOCC2)cc1)c1ccc(Cl)cc1[N+](=O)[O-]. The summed E-state index contributed by atoms with van der Waals surface area (Å²) in [6, 6.07) is 9.32. The molecule has 2 aromatic rings. The first kappa shape index (κ1) is 20.2. The largest absolute Gasteiger partial charge is 0.379 e. The lowest BCUT2D eigenvalue weighted by atomic mass is 10.1. The highest BCUT2D eigenvalue weighted by molar-refractivity contribution is 7.89. The number of nitro benzene ring substituents is 1. The molecule has 0 aromatic heterocycles. The zero-order valence-corrected chi connectivity index (χ0v) is 16.1. The van der Waals surface area contributed by atoms with E-state index >= 15 is 0 Å². The molecule has 0 spiro atoms. The minimum atomic E-state index is -3.65. The number of anilines is 1. The van der Waals surface area contributed by atoms with Gasteiger partial charge in [-0.25, -0.2) is 8.42 Å². The van der Waals surface area contributed by atoms with Gasteiger partial charge in [0, 0.05) is 29.9 Å². The number of hydrogen-bond donors (Lipinski definition) is 1. The normalized spacial score (nSPS) is 15.2. The number of nitro groups is 1. The average Bonchev–Trinajstić information content (AvgIpc) is 2.69. The van der Waals surface area contributed by atoms with Gasteiger partial charge < -0.3 is 10.1 Å². The molecule has 0 radical (unpaired) electrons. The van der Waals surface area contributed by atoms with Crippen molar-refractivity contribution >= 4 is 38.9 Å². The Balaban J connectivity index is 1.78. The maximum Gasteiger partial charge on any atom is 0.283 e. The number of amides is 1. The second kappa shape index (κ2) is 8.23. The molecule has 0 saturated carbocycles. The van der Waals surface area contributed by atoms with Crippen molar-refractivity contribution in [1.29, 1.82) is 0 Å². The third kappa shape index (κ3) is 4.30. The Morgan fingerprint density at radius 2 is 1.79 bits per heavy atom. The third-order valence-electron chi connectivity index (χ3n) is 4.12. The molecule has 1 aliphatic heterocycles. The Labute approximate surface area is 166 Å². The molecule has 1 heterocycles. The van der Waals surface area contributed by atoms with Gasteiger partial charge in [-0.1, -0.05) is 11.6 Å². The van der Waals surface area contributed by atoms with E-state index < -0.39 is 26.5 Å². The van der Waals surface area contributed by atoms with Gasteiger partial charge in [0.1, 0.15) is 5.56 Å². The first-order valence-corrected chi connectivity index (χ1v) is 10.0. The van der Waals surface area contributed by atoms with Crippen molar-refractivity contribution < 1.29 is 22.9 Å². The van der Waals surface area contributed by atoms with Crippen LogP contribution in [0.1, 0.15) is 10.4 Å². The summed E-state index contributed by atoms with van der Waals surface area (Å²) >= 11 is 5.75. The van der Waals surface area contributed by atoms with Crippen LogP contribution in [0.2, 0.25) is 5.02 Å². The van der Waals surface area contributed by atoms with Gasteiger partial charge in [-0.05, 0) is 36.4 Å². The van der Waals surface area contributed by atoms with E-state index in [2.05, 4.69) is 5.32 Å². The van der Waals surface area contributed by atoms with E-state index in [-0.39, 0.29) is 28.6 Å². The van der Waals surface area contributed by atoms with Crippen LogP contribution < -0.4 is 5.32 Å². The Bertz CT molecular complexity index is 1000. The lowest BCUT2D eigenvalue weighted by Gasteiger charge is -2.26. The number of morpholine rings is 1. The van der Waals surface area contributed by atoms with Crippen molar-refractivity contribution in [3.63, 3.8) is 0 Å². The van der Waals surface area contributed by atoms with Gasteiger partial charge in [0.25, 0.3) is 11.6 Å². The van der Waals surface area contributed by atoms with E-state index in [1.807, 2.05) is 0 Å². The molecule has 1 aliphatic rings. The monoisotopic (exact) mass is 425 g/mol. The summed E-state index contributed by atoms with van der Waals surface area (Å²) in [5.74, 6) is -0.702. The minimum absolute atomic E-state index is 0.0878. The lowest BCUT2D eigenvalue weighted by molar-refractivity contribution is -0.385. The van der Waals surface area contributed by atoms with Crippen LogP contribution in [-0.4, -0.2) is 49.9 Å². The quantitative estimate of drug-likeness (QED) is 0.580. The van der Waals surface area contributed by atoms with Gasteiger partial charge in [0.2, 0.25) is 10.0 Å². The van der Waals surface area contributed by atoms with E-state index in [9.17, 15) is 23.3 Å². The fourth-order valence-corrected chi connectivity index (χ4v) is 4.27. The maximum atomic E-state index is 12.6. The molecule has 1 fully saturated rings. The van der Waals surface area contributed by atoms with Crippen LogP contribution in [0.4, 0.5) is 11.4 Å². The van der Waals surface area contributed by atoms with Gasteiger partial charge in [0.05, 0.1) is 23.0 Å². The third-order valence-corrected chi connectivity index (χ3v) is 6.27. The van der Waals surface area contributed by atoms with Crippen LogP contribution in [0.5, 0.6) is 0 Å². The summed E-state index contributed by atoms with van der Waals surface area (Å²) in [5, 5.41) is 13.8. The van der Waals surface area contributed by atoms with Crippen LogP contribution in [0.15, 0.2) is 47.4 Å². The van der Waals surface area contributed by atoms with Gasteiger partial charge in [0.15, 0.2) is 0 Å². The van der Waals surface area contributed by atoms with E-state index in [0.717, 1.165) is 6.07 Å². The van der Waals surface area contributed by atoms with E-state index in [0.29, 0.717) is 18.9 Å². The molecule has 1 amide bonds. The highest BCUT2D eigenvalue weighted by Gasteiger charge is 2.26. The molecule has 0 atom stereocenters. The zero-order valence-electron chi connectivity index (χ0n) is 14.5. The number of nitrogens with zero attached hydrogens (tertiary/aromatic N) is 2. The lowest BCUT2D eigenvalue weighted by Crippen LogP contribution is -2.40. The number of benzene rings is 2. The molecule has 1 N–H and O–H groups in total. The molecule has 1 saturated heterocycles. The highest BCUT2D eigenvalue weighted by atomic mass is 35.5. The number of nitrogens with one attached hydrogen (secondary N) is 1. The summed E-state index contributed by atoms with van der Waals surface area (Å²) in [6.07, 6.45) is 0. The highest BCUT2D eigenvalue weighted by Crippen LogP contribution is 2.25. The number of carbonyl (C=O) groups excluding carboxylic acids is 1. The summed E-state index contributed by atoms with van der Waals surface area (Å²) in [6.45, 7) is 1.24. The van der Waals surface area contributed by atoms with E-state index in [1.165, 1.54) is 40.7 Å². The Hall–Kier alpha value is -2.53. The topological polar surface area (TPSA) is 119 Å². The fourth-order valence-electron chi connectivity index (χ4n) is 2.69. The van der Waals surface area contributed by atoms with Crippen molar-refractivity contribution in [2.45, 2.75) is 4.90 Å². The summed E-state index contributed by atoms with van der Waals surface area (Å²) in [7, 11) is -3.65. The number of sulfonamides is 1. The average molecular weight is 426 g/mol. The molecular weight excluding hydrogens is 410 g/mol. The molecule has 2 aromatic carbocycles. The Morgan fingerprint density at radius 1 is 1.14 bits per heavy atom. The number of carbonyl (C=O) groups is 1. The number of rotatable bonds is 5. The number of ether oxygens (including phenoxy) is 1. The molecule has 9 nitrogen and oxygen atoms in total. The molecule has 28 heavy (non-hydrogen) atoms. The first-order valence-electron chi connectivity index (χ1n) is 8.22. The van der Waals surface area contributed by atoms with Crippen molar-refractivity contribution in [2.75, 3.05) is 31.6 Å². The zero-order chi connectivity index (χ0) is 20.3. The second-order valence-electron chi connectivity index (χ2n) is 5.91. The Kier molecular flexibility index (Phi) is 5.94.